The van der Waals surface area contributed by atoms with Crippen molar-refractivity contribution in [2.75, 3.05) is 19.0 Å². The third-order valence-electron chi connectivity index (χ3n) is 7.65. The van der Waals surface area contributed by atoms with Gasteiger partial charge in [0.25, 0.3) is 5.91 Å². The molecular weight excluding hydrogens is 469 g/mol. The molecule has 0 saturated heterocycles. The predicted octanol–water partition coefficient (Wildman–Crippen LogP) is 5.56. The van der Waals surface area contributed by atoms with Gasteiger partial charge in [-0.3, -0.25) is 4.79 Å². The zero-order valence-corrected chi connectivity index (χ0v) is 21.9. The van der Waals surface area contributed by atoms with Crippen LogP contribution in [0.4, 0.5) is 4.39 Å². The Hall–Kier alpha value is -1.67. The largest absolute Gasteiger partial charge is 0.493 e. The predicted molar refractivity (Wildman–Crippen MR) is 134 cm³/mol. The molecule has 3 aliphatic rings. The Balaban J connectivity index is 1.32. The fraction of sp³-hybridized carbons (Fsp3) is 0.741. The van der Waals surface area contributed by atoms with Crippen molar-refractivity contribution >= 4 is 15.9 Å². The number of nitrogens with one attached hydrogen (secondary N) is 1. The number of sulfonamides is 1. The Bertz CT molecular complexity index is 980. The van der Waals surface area contributed by atoms with E-state index in [1.54, 1.807) is 13.8 Å². The number of halogens is 1. The van der Waals surface area contributed by atoms with Crippen LogP contribution in [-0.4, -0.2) is 39.4 Å². The van der Waals surface area contributed by atoms with Crippen molar-refractivity contribution in [3.63, 3.8) is 0 Å². The molecule has 1 aromatic carbocycles. The van der Waals surface area contributed by atoms with Gasteiger partial charge in [0.2, 0.25) is 10.0 Å². The number of hydrogen-bond acceptors (Lipinski definition) is 5. The van der Waals surface area contributed by atoms with Crippen LogP contribution >= 0.6 is 0 Å². The van der Waals surface area contributed by atoms with E-state index >= 15 is 0 Å². The second-order valence-corrected chi connectivity index (χ2v) is 12.9. The van der Waals surface area contributed by atoms with Gasteiger partial charge >= 0.3 is 0 Å². The summed E-state index contributed by atoms with van der Waals surface area (Å²) in [4.78, 5) is 12.6. The molecule has 0 spiro atoms. The van der Waals surface area contributed by atoms with E-state index in [1.807, 2.05) is 4.72 Å². The third-order valence-corrected chi connectivity index (χ3v) is 8.85. The lowest BCUT2D eigenvalue weighted by molar-refractivity contribution is 0.0908. The Morgan fingerprint density at radius 2 is 1.80 bits per heavy atom. The van der Waals surface area contributed by atoms with Crippen molar-refractivity contribution in [3.05, 3.63) is 29.1 Å². The van der Waals surface area contributed by atoms with Gasteiger partial charge in [0.15, 0.2) is 0 Å². The molecule has 4 rings (SSSR count). The molecule has 2 unspecified atom stereocenters. The van der Waals surface area contributed by atoms with Crippen LogP contribution < -0.4 is 9.46 Å². The molecule has 0 radical (unpaired) electrons. The molecule has 196 valence electrons. The smallest absolute Gasteiger partial charge is 0.267 e. The van der Waals surface area contributed by atoms with Crippen LogP contribution in [0, 0.1) is 23.6 Å². The second kappa shape index (κ2) is 11.6. The molecular formula is C27H40FNO5S. The van der Waals surface area contributed by atoms with Crippen molar-refractivity contribution in [2.24, 2.45) is 17.8 Å². The van der Waals surface area contributed by atoms with Gasteiger partial charge in [0, 0.05) is 6.07 Å². The average Bonchev–Trinajstić information content (AvgIpc) is 3.61. The van der Waals surface area contributed by atoms with E-state index < -0.39 is 21.7 Å². The van der Waals surface area contributed by atoms with E-state index in [1.165, 1.54) is 50.7 Å². The molecule has 1 amide bonds. The first kappa shape index (κ1) is 26.4. The number of ether oxygens (including phenoxy) is 2. The molecule has 2 atom stereocenters. The molecule has 8 heteroatoms. The van der Waals surface area contributed by atoms with Gasteiger partial charge in [-0.2, -0.15) is 0 Å². The highest BCUT2D eigenvalue weighted by molar-refractivity contribution is 7.90. The monoisotopic (exact) mass is 509 g/mol. The lowest BCUT2D eigenvalue weighted by atomic mass is 9.67. The van der Waals surface area contributed by atoms with E-state index in [9.17, 15) is 17.6 Å². The first-order valence-electron chi connectivity index (χ1n) is 13.3. The highest BCUT2D eigenvalue weighted by Crippen LogP contribution is 2.46. The van der Waals surface area contributed by atoms with Gasteiger partial charge in [0.1, 0.15) is 11.6 Å². The minimum absolute atomic E-state index is 0.0367. The zero-order valence-electron chi connectivity index (χ0n) is 21.1. The van der Waals surface area contributed by atoms with Crippen LogP contribution in [0.3, 0.4) is 0 Å². The summed E-state index contributed by atoms with van der Waals surface area (Å²) in [5.74, 6) is 1.22. The first-order valence-corrected chi connectivity index (χ1v) is 15.0. The molecule has 6 nitrogen and oxygen atoms in total. The van der Waals surface area contributed by atoms with Gasteiger partial charge in [0.05, 0.1) is 30.6 Å². The zero-order chi connectivity index (χ0) is 25.0. The molecule has 3 aliphatic carbocycles. The maximum absolute atomic E-state index is 14.9. The van der Waals surface area contributed by atoms with Gasteiger partial charge in [-0.05, 0) is 94.1 Å². The van der Waals surface area contributed by atoms with E-state index in [-0.39, 0.29) is 29.9 Å². The molecule has 0 aromatic heterocycles. The number of benzene rings is 1. The minimum Gasteiger partial charge on any atom is -0.493 e. The number of fused-ring (bicyclic) bond motifs is 2. The van der Waals surface area contributed by atoms with Gasteiger partial charge < -0.3 is 9.47 Å². The molecule has 0 heterocycles. The Morgan fingerprint density at radius 3 is 2.46 bits per heavy atom. The van der Waals surface area contributed by atoms with Crippen LogP contribution in [0.15, 0.2) is 12.1 Å². The van der Waals surface area contributed by atoms with Crippen molar-refractivity contribution in [2.45, 2.75) is 90.1 Å². The van der Waals surface area contributed by atoms with Crippen molar-refractivity contribution in [3.8, 4) is 5.75 Å². The van der Waals surface area contributed by atoms with Gasteiger partial charge in [-0.15, -0.1) is 0 Å². The van der Waals surface area contributed by atoms with Gasteiger partial charge in [-0.25, -0.2) is 17.5 Å². The van der Waals surface area contributed by atoms with Crippen molar-refractivity contribution in [1.82, 2.24) is 4.72 Å². The number of amides is 1. The summed E-state index contributed by atoms with van der Waals surface area (Å²) in [6.07, 6.45) is 12.2. The molecule has 2 bridgehead atoms. The Labute approximate surface area is 209 Å². The maximum atomic E-state index is 14.9. The fourth-order valence-corrected chi connectivity index (χ4v) is 6.69. The summed E-state index contributed by atoms with van der Waals surface area (Å²) >= 11 is 0. The number of rotatable bonds is 12. The standard InChI is InChI=1S/C27H40FNO5S/c1-18(2)33-11-12-35(31,32)29-27(30)24-16-23(22-8-9-22)26(17-25(24)28)34-10-4-7-21-14-19-5-3-6-20(13-19)15-21/h16-22H,3-15H2,1-2H3,(H,29,30). The molecule has 0 aliphatic heterocycles. The van der Waals surface area contributed by atoms with E-state index in [0.717, 1.165) is 49.0 Å². The summed E-state index contributed by atoms with van der Waals surface area (Å²) in [6, 6.07) is 2.72. The normalized spacial score (nSPS) is 24.4. The molecule has 3 fully saturated rings. The van der Waals surface area contributed by atoms with Crippen LogP contribution in [0.25, 0.3) is 0 Å². The number of carbonyl (C=O) groups is 1. The van der Waals surface area contributed by atoms with Gasteiger partial charge in [-0.1, -0.05) is 19.3 Å². The lowest BCUT2D eigenvalue weighted by Gasteiger charge is -2.39. The maximum Gasteiger partial charge on any atom is 0.267 e. The summed E-state index contributed by atoms with van der Waals surface area (Å²) < 4.78 is 52.5. The van der Waals surface area contributed by atoms with E-state index in [0.29, 0.717) is 12.4 Å². The summed E-state index contributed by atoms with van der Waals surface area (Å²) in [7, 11) is -3.93. The minimum atomic E-state index is -3.93. The van der Waals surface area contributed by atoms with Crippen molar-refractivity contribution in [1.29, 1.82) is 0 Å². The molecule has 1 N–H and O–H groups in total. The molecule has 3 saturated carbocycles. The topological polar surface area (TPSA) is 81.7 Å². The highest BCUT2D eigenvalue weighted by Gasteiger charge is 2.32. The number of carbonyl (C=O) groups excluding carboxylic acids is 1. The molecule has 35 heavy (non-hydrogen) atoms. The van der Waals surface area contributed by atoms with Crippen molar-refractivity contribution < 1.29 is 27.1 Å². The van der Waals surface area contributed by atoms with E-state index in [4.69, 9.17) is 9.47 Å². The van der Waals surface area contributed by atoms with Crippen LogP contribution in [0.5, 0.6) is 5.75 Å². The lowest BCUT2D eigenvalue weighted by Crippen LogP contribution is -2.34. The average molecular weight is 510 g/mol. The summed E-state index contributed by atoms with van der Waals surface area (Å²) in [5.41, 5.74) is 0.533. The SMILES string of the molecule is CC(C)OCCS(=O)(=O)NC(=O)c1cc(C2CC2)c(OCCCC2CC3CCCC(C2)C3)cc1F. The third kappa shape index (κ3) is 7.66. The Kier molecular flexibility index (Phi) is 8.74. The fourth-order valence-electron chi connectivity index (χ4n) is 5.88. The quantitative estimate of drug-likeness (QED) is 0.373. The summed E-state index contributed by atoms with van der Waals surface area (Å²) in [5, 5.41) is 0. The van der Waals surface area contributed by atoms with Crippen LogP contribution in [0.2, 0.25) is 0 Å². The molecule has 1 aromatic rings. The second-order valence-electron chi connectivity index (χ2n) is 11.0. The van der Waals surface area contributed by atoms with Crippen LogP contribution in [0.1, 0.15) is 99.9 Å². The Morgan fingerprint density at radius 1 is 1.09 bits per heavy atom. The highest BCUT2D eigenvalue weighted by atomic mass is 32.2. The summed E-state index contributed by atoms with van der Waals surface area (Å²) in [6.45, 7) is 4.08. The number of hydrogen-bond donors (Lipinski definition) is 1. The van der Waals surface area contributed by atoms with E-state index in [2.05, 4.69) is 0 Å². The van der Waals surface area contributed by atoms with Crippen LogP contribution in [-0.2, 0) is 14.8 Å². The first-order chi connectivity index (χ1) is 16.7.